The topological polar surface area (TPSA) is 161 Å². The highest BCUT2D eigenvalue weighted by molar-refractivity contribution is 5.76. The molecule has 4 aromatic rings. The molecule has 0 unspecified atom stereocenters. The Morgan fingerprint density at radius 1 is 0.865 bits per heavy atom. The monoisotopic (exact) mass is 711 g/mol. The zero-order chi connectivity index (χ0) is 36.9. The van der Waals surface area contributed by atoms with E-state index in [0.717, 1.165) is 39.8 Å². The largest absolute Gasteiger partial charge is 0.508 e. The van der Waals surface area contributed by atoms with Crippen molar-refractivity contribution in [3.8, 4) is 16.9 Å². The Labute approximate surface area is 304 Å². The molecule has 0 radical (unpaired) electrons. The van der Waals surface area contributed by atoms with Crippen molar-refractivity contribution >= 4 is 11.8 Å². The number of unbranched alkanes of at least 4 members (excludes halogenated alkanes) is 2. The number of hydrogen-bond acceptors (Lipinski definition) is 9. The van der Waals surface area contributed by atoms with Gasteiger partial charge in [-0.15, -0.1) is 0 Å². The number of phenolic OH excluding ortho intramolecular Hbond substituents is 1. The Kier molecular flexibility index (Phi) is 14.3. The first-order valence-corrected chi connectivity index (χ1v) is 17.8. The van der Waals surface area contributed by atoms with Gasteiger partial charge in [-0.1, -0.05) is 91.3 Å². The average molecular weight is 712 g/mol. The maximum Gasteiger partial charge on any atom is 0.243 e. The summed E-state index contributed by atoms with van der Waals surface area (Å²) in [4.78, 5) is 25.7. The molecule has 276 valence electrons. The number of aromatic hydroxyl groups is 1. The predicted octanol–water partition coefficient (Wildman–Crippen LogP) is 5.83. The molecule has 4 aromatic carbocycles. The van der Waals surface area contributed by atoms with Crippen LogP contribution in [0.5, 0.6) is 5.75 Å². The van der Waals surface area contributed by atoms with Crippen molar-refractivity contribution < 1.29 is 39.6 Å². The van der Waals surface area contributed by atoms with E-state index in [0.29, 0.717) is 50.9 Å². The molecule has 52 heavy (non-hydrogen) atoms. The number of hydroxylamine groups is 1. The van der Waals surface area contributed by atoms with Crippen molar-refractivity contribution in [2.24, 2.45) is 0 Å². The summed E-state index contributed by atoms with van der Waals surface area (Å²) in [5.74, 6) is -0.369. The van der Waals surface area contributed by atoms with E-state index >= 15 is 0 Å². The van der Waals surface area contributed by atoms with Crippen LogP contribution in [-0.4, -0.2) is 63.5 Å². The summed E-state index contributed by atoms with van der Waals surface area (Å²) in [7, 11) is 1.93. The third kappa shape index (κ3) is 11.2. The molecule has 0 aromatic heterocycles. The number of nitrogens with one attached hydrogen (secondary N) is 2. The van der Waals surface area contributed by atoms with Crippen molar-refractivity contribution in [3.63, 3.8) is 0 Å². The summed E-state index contributed by atoms with van der Waals surface area (Å²) in [5.41, 5.74) is 7.89. The van der Waals surface area contributed by atoms with Gasteiger partial charge in [-0.3, -0.25) is 14.8 Å². The number of rotatable bonds is 17. The molecule has 1 fully saturated rings. The van der Waals surface area contributed by atoms with Gasteiger partial charge in [0, 0.05) is 44.5 Å². The summed E-state index contributed by atoms with van der Waals surface area (Å²) < 4.78 is 13.1. The second-order valence-electron chi connectivity index (χ2n) is 13.3. The van der Waals surface area contributed by atoms with Crippen LogP contribution in [0.3, 0.4) is 0 Å². The standard InChI is InChI=1S/C41H49N3O8/c1-44(26-37(47)32-9-7-10-34(46)22-32)25-35-23-38(30-16-14-28(27-45)15-17-30)52-41(51-35)31-20-18-29(19-21-31)36-11-6-5-8-33(36)24-42-39(48)12-3-2-4-13-40(49)43-50/h5-11,14-22,35,37-38,41,45-47,50H,2-4,12-13,23-27H2,1H3,(H,42,48)(H,43,49)/t35-,37-,38+,41+/m1/s1. The number of carbonyl (C=O) groups is 2. The van der Waals surface area contributed by atoms with Crippen molar-refractivity contribution in [2.75, 3.05) is 20.1 Å². The van der Waals surface area contributed by atoms with Gasteiger partial charge in [0.05, 0.1) is 24.9 Å². The van der Waals surface area contributed by atoms with Crippen molar-refractivity contribution in [1.29, 1.82) is 0 Å². The normalized spacial score (nSPS) is 17.8. The summed E-state index contributed by atoms with van der Waals surface area (Å²) >= 11 is 0. The van der Waals surface area contributed by atoms with Gasteiger partial charge in [0.2, 0.25) is 11.8 Å². The van der Waals surface area contributed by atoms with Crippen LogP contribution in [-0.2, 0) is 32.2 Å². The lowest BCUT2D eigenvalue weighted by Gasteiger charge is -2.38. The third-order valence-electron chi connectivity index (χ3n) is 9.29. The van der Waals surface area contributed by atoms with Crippen LogP contribution in [0.25, 0.3) is 11.1 Å². The van der Waals surface area contributed by atoms with E-state index in [9.17, 15) is 24.9 Å². The fourth-order valence-corrected chi connectivity index (χ4v) is 6.45. The zero-order valence-corrected chi connectivity index (χ0v) is 29.5. The molecule has 0 bridgehead atoms. The summed E-state index contributed by atoms with van der Waals surface area (Å²) in [6, 6.07) is 30.4. The first kappa shape index (κ1) is 38.6. The molecule has 1 aliphatic heterocycles. The molecule has 11 heteroatoms. The highest BCUT2D eigenvalue weighted by atomic mass is 16.7. The molecule has 6 N–H and O–H groups in total. The minimum Gasteiger partial charge on any atom is -0.508 e. The number of amides is 2. The molecular formula is C41H49N3O8. The first-order valence-electron chi connectivity index (χ1n) is 17.8. The van der Waals surface area contributed by atoms with E-state index < -0.39 is 18.3 Å². The maximum atomic E-state index is 12.5. The van der Waals surface area contributed by atoms with E-state index in [-0.39, 0.29) is 36.9 Å². The minimum atomic E-state index is -0.780. The van der Waals surface area contributed by atoms with Crippen molar-refractivity contribution in [1.82, 2.24) is 15.7 Å². The number of aliphatic hydroxyl groups excluding tert-OH is 2. The van der Waals surface area contributed by atoms with Gasteiger partial charge in [0.1, 0.15) is 5.75 Å². The van der Waals surface area contributed by atoms with Crippen LogP contribution in [0.1, 0.15) is 84.8 Å². The fraction of sp³-hybridized carbons (Fsp3) is 0.366. The lowest BCUT2D eigenvalue weighted by atomic mass is 9.97. The van der Waals surface area contributed by atoms with Gasteiger partial charge in [-0.2, -0.15) is 0 Å². The van der Waals surface area contributed by atoms with Crippen LogP contribution >= 0.6 is 0 Å². The van der Waals surface area contributed by atoms with Gasteiger partial charge < -0.3 is 35.0 Å². The molecular weight excluding hydrogens is 662 g/mol. The number of ether oxygens (including phenoxy) is 2. The minimum absolute atomic E-state index is 0.0383. The first-order chi connectivity index (χ1) is 25.2. The van der Waals surface area contributed by atoms with Crippen LogP contribution in [0, 0.1) is 0 Å². The van der Waals surface area contributed by atoms with Gasteiger partial charge in [-0.05, 0) is 65.4 Å². The Hall–Kier alpha value is -4.62. The summed E-state index contributed by atoms with van der Waals surface area (Å²) in [6.07, 6.45) is 1.27. The van der Waals surface area contributed by atoms with E-state index in [1.165, 1.54) is 0 Å². The summed E-state index contributed by atoms with van der Waals surface area (Å²) in [5, 5.41) is 41.9. The lowest BCUT2D eigenvalue weighted by Crippen LogP contribution is -2.39. The average Bonchev–Trinajstić information content (AvgIpc) is 3.16. The molecule has 4 atom stereocenters. The fourth-order valence-electron chi connectivity index (χ4n) is 6.45. The number of likely N-dealkylation sites (N-methyl/N-ethyl adjacent to an activating group) is 1. The molecule has 1 heterocycles. The predicted molar refractivity (Wildman–Crippen MR) is 196 cm³/mol. The summed E-state index contributed by atoms with van der Waals surface area (Å²) in [6.45, 7) is 1.23. The number of nitrogens with zero attached hydrogens (tertiary/aromatic N) is 1. The van der Waals surface area contributed by atoms with Gasteiger partial charge >= 0.3 is 0 Å². The van der Waals surface area contributed by atoms with Gasteiger partial charge in [-0.25, -0.2) is 5.48 Å². The van der Waals surface area contributed by atoms with E-state index in [2.05, 4.69) is 5.32 Å². The number of phenols is 1. The second-order valence-corrected chi connectivity index (χ2v) is 13.3. The van der Waals surface area contributed by atoms with Crippen LogP contribution in [0.4, 0.5) is 0 Å². The molecule has 0 aliphatic carbocycles. The number of carbonyl (C=O) groups excluding carboxylic acids is 2. The third-order valence-corrected chi connectivity index (χ3v) is 9.29. The van der Waals surface area contributed by atoms with Crippen molar-refractivity contribution in [2.45, 2.75) is 76.3 Å². The SMILES string of the molecule is CN(C[C@H]1C[C@@H](c2ccc(CO)cc2)O[C@@H](c2ccc(-c3ccccc3CNC(=O)CCCCCC(=O)NO)cc2)O1)C[C@@H](O)c1cccc(O)c1. The van der Waals surface area contributed by atoms with Gasteiger partial charge in [0.25, 0.3) is 0 Å². The highest BCUT2D eigenvalue weighted by Crippen LogP contribution is 2.39. The molecule has 5 rings (SSSR count). The molecule has 1 saturated heterocycles. The molecule has 0 saturated carbocycles. The number of hydrogen-bond donors (Lipinski definition) is 6. The van der Waals surface area contributed by atoms with Crippen LogP contribution in [0.2, 0.25) is 0 Å². The van der Waals surface area contributed by atoms with Gasteiger partial charge in [0.15, 0.2) is 6.29 Å². The molecule has 11 nitrogen and oxygen atoms in total. The Morgan fingerprint density at radius 2 is 1.58 bits per heavy atom. The molecule has 0 spiro atoms. The van der Waals surface area contributed by atoms with Crippen LogP contribution in [0.15, 0.2) is 97.1 Å². The Morgan fingerprint density at radius 3 is 2.29 bits per heavy atom. The Balaban J connectivity index is 1.24. The smallest absolute Gasteiger partial charge is 0.243 e. The van der Waals surface area contributed by atoms with E-state index in [1.807, 2.05) is 84.7 Å². The second kappa shape index (κ2) is 19.3. The zero-order valence-electron chi connectivity index (χ0n) is 29.5. The Bertz CT molecular complexity index is 1730. The molecule has 2 amide bonds. The van der Waals surface area contributed by atoms with Crippen molar-refractivity contribution in [3.05, 3.63) is 125 Å². The molecule has 1 aliphatic rings. The number of aliphatic hydroxyl groups is 2. The van der Waals surface area contributed by atoms with E-state index in [1.54, 1.807) is 29.7 Å². The number of benzene rings is 4. The van der Waals surface area contributed by atoms with E-state index in [4.69, 9.17) is 14.7 Å². The quantitative estimate of drug-likeness (QED) is 0.0450. The highest BCUT2D eigenvalue weighted by Gasteiger charge is 2.33. The maximum absolute atomic E-state index is 12.5. The lowest BCUT2D eigenvalue weighted by molar-refractivity contribution is -0.252. The van der Waals surface area contributed by atoms with Crippen LogP contribution < -0.4 is 10.8 Å².